The van der Waals surface area contributed by atoms with Crippen LogP contribution in [-0.2, 0) is 6.42 Å². The van der Waals surface area contributed by atoms with Crippen LogP contribution in [0.25, 0.3) is 0 Å². The van der Waals surface area contributed by atoms with Gasteiger partial charge >= 0.3 is 0 Å². The Morgan fingerprint density at radius 1 is 1.05 bits per heavy atom. The van der Waals surface area contributed by atoms with Crippen LogP contribution in [0.15, 0.2) is 29.4 Å². The molecule has 0 amide bonds. The van der Waals surface area contributed by atoms with Crippen molar-refractivity contribution in [1.29, 1.82) is 0 Å². The van der Waals surface area contributed by atoms with E-state index in [2.05, 4.69) is 48.1 Å². The number of rotatable bonds is 5. The molecule has 1 aromatic carbocycles. The van der Waals surface area contributed by atoms with E-state index in [9.17, 15) is 0 Å². The lowest BCUT2D eigenvalue weighted by atomic mass is 10.1. The summed E-state index contributed by atoms with van der Waals surface area (Å²) in [6.07, 6.45) is 1.06. The van der Waals surface area contributed by atoms with Crippen LogP contribution in [0, 0.1) is 20.8 Å². The molecule has 1 aromatic heterocycles. The van der Waals surface area contributed by atoms with Gasteiger partial charge in [0.15, 0.2) is 5.16 Å². The molecule has 2 rings (SSSR count). The van der Waals surface area contributed by atoms with Crippen molar-refractivity contribution in [2.24, 2.45) is 5.73 Å². The summed E-state index contributed by atoms with van der Waals surface area (Å²) in [6.45, 7) is 8.26. The summed E-state index contributed by atoms with van der Waals surface area (Å²) in [6, 6.07) is 8.55. The van der Waals surface area contributed by atoms with E-state index >= 15 is 0 Å². The van der Waals surface area contributed by atoms with Crippen molar-refractivity contribution in [3.63, 3.8) is 0 Å². The molecular weight excluding hydrogens is 278 g/mol. The minimum absolute atomic E-state index is 0.00595. The second kappa shape index (κ2) is 7.05. The molecule has 21 heavy (non-hydrogen) atoms. The van der Waals surface area contributed by atoms with Crippen LogP contribution in [0.2, 0.25) is 0 Å². The molecule has 0 spiro atoms. The van der Waals surface area contributed by atoms with Gasteiger partial charge in [-0.15, -0.1) is 0 Å². The van der Waals surface area contributed by atoms with Crippen LogP contribution in [0.5, 0.6) is 0 Å². The zero-order valence-corrected chi connectivity index (χ0v) is 14.0. The fraction of sp³-hybridized carbons (Fsp3) is 0.412. The molecule has 2 aromatic rings. The summed E-state index contributed by atoms with van der Waals surface area (Å²) in [5.41, 5.74) is 12.0. The van der Waals surface area contributed by atoms with Crippen LogP contribution < -0.4 is 5.73 Å². The van der Waals surface area contributed by atoms with Gasteiger partial charge in [-0.3, -0.25) is 0 Å². The van der Waals surface area contributed by atoms with E-state index in [-0.39, 0.29) is 6.04 Å². The van der Waals surface area contributed by atoms with E-state index in [1.54, 1.807) is 11.8 Å². The number of benzene rings is 1. The Labute approximate surface area is 131 Å². The number of aryl methyl sites for hydroxylation is 3. The normalized spacial score (nSPS) is 12.4. The maximum Gasteiger partial charge on any atom is 0.188 e. The highest BCUT2D eigenvalue weighted by Gasteiger charge is 2.10. The summed E-state index contributed by atoms with van der Waals surface area (Å²) in [4.78, 5) is 9.05. The Bertz CT molecular complexity index is 585. The highest BCUT2D eigenvalue weighted by molar-refractivity contribution is 7.99. The number of hydrogen-bond donors (Lipinski definition) is 1. The molecule has 0 bridgehead atoms. The third-order valence-corrected chi connectivity index (χ3v) is 4.79. The van der Waals surface area contributed by atoms with Gasteiger partial charge in [-0.2, -0.15) is 0 Å². The topological polar surface area (TPSA) is 51.8 Å². The SMILES string of the molecule is CCc1ccc(C(N)CSc2nc(C)c(C)c(C)n2)cc1. The molecule has 3 nitrogen and oxygen atoms in total. The van der Waals surface area contributed by atoms with E-state index in [1.165, 1.54) is 16.7 Å². The molecular formula is C17H23N3S. The second-order valence-corrected chi connectivity index (χ2v) is 6.30. The number of nitrogens with zero attached hydrogens (tertiary/aromatic N) is 2. The van der Waals surface area contributed by atoms with Crippen LogP contribution in [0.3, 0.4) is 0 Å². The van der Waals surface area contributed by atoms with Gasteiger partial charge in [-0.05, 0) is 43.9 Å². The molecule has 0 saturated heterocycles. The summed E-state index contributed by atoms with van der Waals surface area (Å²) in [5, 5.41) is 0.816. The Kier molecular flexibility index (Phi) is 5.37. The van der Waals surface area contributed by atoms with E-state index in [0.717, 1.165) is 28.7 Å². The van der Waals surface area contributed by atoms with Crippen LogP contribution >= 0.6 is 11.8 Å². The Balaban J connectivity index is 2.01. The lowest BCUT2D eigenvalue weighted by molar-refractivity contribution is 0.820. The summed E-state index contributed by atoms with van der Waals surface area (Å²) >= 11 is 1.62. The van der Waals surface area contributed by atoms with Gasteiger partial charge in [-0.25, -0.2) is 9.97 Å². The van der Waals surface area contributed by atoms with E-state index < -0.39 is 0 Å². The molecule has 1 heterocycles. The lowest BCUT2D eigenvalue weighted by Crippen LogP contribution is -2.13. The number of nitrogens with two attached hydrogens (primary N) is 1. The maximum absolute atomic E-state index is 6.26. The van der Waals surface area contributed by atoms with Gasteiger partial charge < -0.3 is 5.73 Å². The molecule has 0 aliphatic carbocycles. The molecule has 0 fully saturated rings. The smallest absolute Gasteiger partial charge is 0.188 e. The summed E-state index contributed by atoms with van der Waals surface area (Å²) < 4.78 is 0. The second-order valence-electron chi connectivity index (χ2n) is 5.31. The van der Waals surface area contributed by atoms with Crippen molar-refractivity contribution in [1.82, 2.24) is 9.97 Å². The fourth-order valence-corrected chi connectivity index (χ4v) is 2.99. The van der Waals surface area contributed by atoms with Gasteiger partial charge in [0.05, 0.1) is 0 Å². The number of hydrogen-bond acceptors (Lipinski definition) is 4. The van der Waals surface area contributed by atoms with Crippen molar-refractivity contribution >= 4 is 11.8 Å². The highest BCUT2D eigenvalue weighted by Crippen LogP contribution is 2.22. The van der Waals surface area contributed by atoms with Crippen molar-refractivity contribution in [2.75, 3.05) is 5.75 Å². The minimum Gasteiger partial charge on any atom is -0.323 e. The molecule has 0 saturated carbocycles. The van der Waals surface area contributed by atoms with Gasteiger partial charge in [0.1, 0.15) is 0 Å². The highest BCUT2D eigenvalue weighted by atomic mass is 32.2. The molecule has 0 radical (unpaired) electrons. The van der Waals surface area contributed by atoms with Gasteiger partial charge in [0, 0.05) is 23.2 Å². The predicted octanol–water partition coefficient (Wildman–Crippen LogP) is 3.76. The number of thioether (sulfide) groups is 1. The zero-order chi connectivity index (χ0) is 15.4. The Morgan fingerprint density at radius 3 is 2.14 bits per heavy atom. The third-order valence-electron chi connectivity index (χ3n) is 3.82. The van der Waals surface area contributed by atoms with Crippen molar-refractivity contribution in [3.8, 4) is 0 Å². The number of aromatic nitrogens is 2. The molecule has 112 valence electrons. The molecule has 2 N–H and O–H groups in total. The monoisotopic (exact) mass is 301 g/mol. The molecule has 1 unspecified atom stereocenters. The summed E-state index contributed by atoms with van der Waals surface area (Å²) in [7, 11) is 0. The van der Waals surface area contributed by atoms with Crippen LogP contribution in [0.4, 0.5) is 0 Å². The lowest BCUT2D eigenvalue weighted by Gasteiger charge is -2.12. The van der Waals surface area contributed by atoms with Crippen molar-refractivity contribution in [3.05, 3.63) is 52.3 Å². The first-order valence-corrected chi connectivity index (χ1v) is 8.29. The van der Waals surface area contributed by atoms with Crippen molar-refractivity contribution < 1.29 is 0 Å². The molecule has 1 atom stereocenters. The fourth-order valence-electron chi connectivity index (χ4n) is 2.07. The van der Waals surface area contributed by atoms with Crippen molar-refractivity contribution in [2.45, 2.75) is 45.3 Å². The van der Waals surface area contributed by atoms with Gasteiger partial charge in [0.25, 0.3) is 0 Å². The Morgan fingerprint density at radius 2 is 1.62 bits per heavy atom. The minimum atomic E-state index is 0.00595. The molecule has 0 aliphatic rings. The van der Waals surface area contributed by atoms with E-state index in [0.29, 0.717) is 0 Å². The average molecular weight is 301 g/mol. The van der Waals surface area contributed by atoms with Crippen LogP contribution in [0.1, 0.15) is 41.0 Å². The third kappa shape index (κ3) is 4.05. The predicted molar refractivity (Wildman–Crippen MR) is 89.7 cm³/mol. The van der Waals surface area contributed by atoms with Gasteiger partial charge in [0.2, 0.25) is 0 Å². The van der Waals surface area contributed by atoms with E-state index in [4.69, 9.17) is 5.73 Å². The first-order chi connectivity index (χ1) is 10.0. The Hall–Kier alpha value is -1.39. The largest absolute Gasteiger partial charge is 0.323 e. The van der Waals surface area contributed by atoms with Gasteiger partial charge in [-0.1, -0.05) is 43.0 Å². The maximum atomic E-state index is 6.26. The average Bonchev–Trinajstić information content (AvgIpc) is 2.50. The quantitative estimate of drug-likeness (QED) is 0.675. The van der Waals surface area contributed by atoms with Crippen LogP contribution in [-0.4, -0.2) is 15.7 Å². The molecule has 4 heteroatoms. The zero-order valence-electron chi connectivity index (χ0n) is 13.2. The first kappa shape index (κ1) is 16.0. The standard InChI is InChI=1S/C17H23N3S/c1-5-14-6-8-15(9-7-14)16(18)10-21-17-19-12(3)11(2)13(4)20-17/h6-9,16H,5,10,18H2,1-4H3. The first-order valence-electron chi connectivity index (χ1n) is 7.30. The summed E-state index contributed by atoms with van der Waals surface area (Å²) in [5.74, 6) is 0.785. The molecule has 0 aliphatic heterocycles. The van der Waals surface area contributed by atoms with E-state index in [1.807, 2.05) is 13.8 Å².